The molecule has 0 fully saturated rings. The number of nitrogens with zero attached hydrogens (tertiary/aromatic N) is 2. The molecule has 0 aromatic carbocycles. The quantitative estimate of drug-likeness (QED) is 0.907. The van der Waals surface area contributed by atoms with Crippen molar-refractivity contribution >= 4 is 28.9 Å². The first kappa shape index (κ1) is 11.4. The van der Waals surface area contributed by atoms with Crippen molar-refractivity contribution in [2.45, 2.75) is 19.9 Å². The van der Waals surface area contributed by atoms with Crippen molar-refractivity contribution in [2.24, 2.45) is 0 Å². The first-order valence-electron chi connectivity index (χ1n) is 4.99. The van der Waals surface area contributed by atoms with Crippen molar-refractivity contribution in [3.8, 4) is 10.4 Å². The van der Waals surface area contributed by atoms with E-state index < -0.39 is 0 Å². The van der Waals surface area contributed by atoms with Gasteiger partial charge in [-0.1, -0.05) is 11.6 Å². The number of nitrogens with one attached hydrogen (secondary N) is 1. The monoisotopic (exact) mass is 253 g/mol. The van der Waals surface area contributed by atoms with E-state index in [4.69, 9.17) is 11.6 Å². The fourth-order valence-electron chi connectivity index (χ4n) is 1.26. The van der Waals surface area contributed by atoms with E-state index >= 15 is 0 Å². The van der Waals surface area contributed by atoms with E-state index in [1.54, 1.807) is 12.4 Å². The SMILES string of the molecule is CC(C)Nc1ncc(-c2ccc(Cl)s2)cn1. The number of rotatable bonds is 3. The Morgan fingerprint density at radius 1 is 1.25 bits per heavy atom. The van der Waals surface area contributed by atoms with E-state index in [0.717, 1.165) is 14.8 Å². The Kier molecular flexibility index (Phi) is 3.41. The normalized spacial score (nSPS) is 10.8. The molecule has 2 aromatic heterocycles. The van der Waals surface area contributed by atoms with E-state index in [2.05, 4.69) is 29.1 Å². The van der Waals surface area contributed by atoms with E-state index in [9.17, 15) is 0 Å². The fraction of sp³-hybridized carbons (Fsp3) is 0.273. The third kappa shape index (κ3) is 2.71. The summed E-state index contributed by atoms with van der Waals surface area (Å²) >= 11 is 7.40. The van der Waals surface area contributed by atoms with Crippen LogP contribution in [0.1, 0.15) is 13.8 Å². The van der Waals surface area contributed by atoms with Crippen molar-refractivity contribution < 1.29 is 0 Å². The lowest BCUT2D eigenvalue weighted by Crippen LogP contribution is -2.12. The minimum Gasteiger partial charge on any atom is -0.352 e. The number of halogens is 1. The van der Waals surface area contributed by atoms with Crippen molar-refractivity contribution in [3.05, 3.63) is 28.9 Å². The molecule has 3 nitrogen and oxygen atoms in total. The topological polar surface area (TPSA) is 37.8 Å². The molecule has 0 unspecified atom stereocenters. The smallest absolute Gasteiger partial charge is 0.222 e. The molecule has 0 radical (unpaired) electrons. The van der Waals surface area contributed by atoms with Gasteiger partial charge in [-0.25, -0.2) is 9.97 Å². The minimum atomic E-state index is 0.335. The molecule has 2 aromatic rings. The molecule has 0 bridgehead atoms. The fourth-order valence-corrected chi connectivity index (χ4v) is 2.28. The van der Waals surface area contributed by atoms with Gasteiger partial charge in [-0.3, -0.25) is 0 Å². The Labute approximate surface area is 104 Å². The first-order chi connectivity index (χ1) is 7.65. The van der Waals surface area contributed by atoms with Gasteiger partial charge in [0.2, 0.25) is 5.95 Å². The molecule has 0 aliphatic carbocycles. The molecule has 84 valence electrons. The zero-order chi connectivity index (χ0) is 11.5. The van der Waals surface area contributed by atoms with Gasteiger partial charge >= 0.3 is 0 Å². The average Bonchev–Trinajstić information content (AvgIpc) is 2.65. The Morgan fingerprint density at radius 2 is 1.94 bits per heavy atom. The average molecular weight is 254 g/mol. The highest BCUT2D eigenvalue weighted by Gasteiger charge is 2.03. The second-order valence-corrected chi connectivity index (χ2v) is 5.41. The van der Waals surface area contributed by atoms with Gasteiger partial charge in [0.25, 0.3) is 0 Å². The molecule has 0 saturated carbocycles. The number of aromatic nitrogens is 2. The summed E-state index contributed by atoms with van der Waals surface area (Å²) in [7, 11) is 0. The lowest BCUT2D eigenvalue weighted by Gasteiger charge is -2.07. The molecule has 1 N–H and O–H groups in total. The van der Waals surface area contributed by atoms with Gasteiger partial charge in [0.1, 0.15) is 0 Å². The van der Waals surface area contributed by atoms with Crippen LogP contribution in [0.25, 0.3) is 10.4 Å². The van der Waals surface area contributed by atoms with Gasteiger partial charge in [-0.2, -0.15) is 0 Å². The molecule has 2 heterocycles. The molecule has 0 saturated heterocycles. The number of thiophene rings is 1. The number of anilines is 1. The summed E-state index contributed by atoms with van der Waals surface area (Å²) < 4.78 is 0.777. The molecule has 16 heavy (non-hydrogen) atoms. The summed E-state index contributed by atoms with van der Waals surface area (Å²) in [4.78, 5) is 9.58. The summed E-state index contributed by atoms with van der Waals surface area (Å²) in [6, 6.07) is 4.19. The zero-order valence-electron chi connectivity index (χ0n) is 9.07. The van der Waals surface area contributed by atoms with Crippen LogP contribution in [-0.4, -0.2) is 16.0 Å². The molecule has 0 amide bonds. The predicted molar refractivity (Wildman–Crippen MR) is 69.1 cm³/mol. The Balaban J connectivity index is 2.19. The van der Waals surface area contributed by atoms with Gasteiger partial charge in [0.15, 0.2) is 0 Å². The van der Waals surface area contributed by atoms with Crippen LogP contribution in [0.2, 0.25) is 4.34 Å². The molecule has 2 rings (SSSR count). The summed E-state index contributed by atoms with van der Waals surface area (Å²) in [6.45, 7) is 4.10. The van der Waals surface area contributed by atoms with Crippen LogP contribution < -0.4 is 5.32 Å². The molecule has 5 heteroatoms. The van der Waals surface area contributed by atoms with E-state index in [-0.39, 0.29) is 0 Å². The molecule has 0 aliphatic rings. The number of hydrogen-bond acceptors (Lipinski definition) is 4. The standard InChI is InChI=1S/C11H12ClN3S/c1-7(2)15-11-13-5-8(6-14-11)9-3-4-10(12)16-9/h3-7H,1-2H3,(H,13,14,15). The third-order valence-electron chi connectivity index (χ3n) is 1.93. The summed E-state index contributed by atoms with van der Waals surface area (Å²) in [5, 5.41) is 3.14. The number of hydrogen-bond donors (Lipinski definition) is 1. The lowest BCUT2D eigenvalue weighted by atomic mass is 10.3. The highest BCUT2D eigenvalue weighted by molar-refractivity contribution is 7.19. The lowest BCUT2D eigenvalue weighted by molar-refractivity contribution is 0.874. The van der Waals surface area contributed by atoms with Crippen molar-refractivity contribution in [1.29, 1.82) is 0 Å². The first-order valence-corrected chi connectivity index (χ1v) is 6.19. The Hall–Kier alpha value is -1.13. The van der Waals surface area contributed by atoms with E-state index in [1.165, 1.54) is 11.3 Å². The largest absolute Gasteiger partial charge is 0.352 e. The van der Waals surface area contributed by atoms with Crippen molar-refractivity contribution in [1.82, 2.24) is 9.97 Å². The van der Waals surface area contributed by atoms with E-state index in [0.29, 0.717) is 12.0 Å². The molecular formula is C11H12ClN3S. The van der Waals surface area contributed by atoms with Gasteiger partial charge in [-0.15, -0.1) is 11.3 Å². The van der Waals surface area contributed by atoms with Gasteiger partial charge in [0, 0.05) is 28.9 Å². The van der Waals surface area contributed by atoms with E-state index in [1.807, 2.05) is 12.1 Å². The minimum absolute atomic E-state index is 0.335. The maximum absolute atomic E-state index is 5.88. The summed E-state index contributed by atoms with van der Waals surface area (Å²) in [5.41, 5.74) is 0.992. The second kappa shape index (κ2) is 4.80. The second-order valence-electron chi connectivity index (χ2n) is 3.70. The van der Waals surface area contributed by atoms with Crippen LogP contribution in [-0.2, 0) is 0 Å². The van der Waals surface area contributed by atoms with Crippen molar-refractivity contribution in [3.63, 3.8) is 0 Å². The summed E-state index contributed by atoms with van der Waals surface area (Å²) in [6.07, 6.45) is 3.61. The molecule has 0 atom stereocenters. The zero-order valence-corrected chi connectivity index (χ0v) is 10.6. The Morgan fingerprint density at radius 3 is 2.44 bits per heavy atom. The maximum atomic E-state index is 5.88. The van der Waals surface area contributed by atoms with Gasteiger partial charge < -0.3 is 5.32 Å². The van der Waals surface area contributed by atoms with Gasteiger partial charge in [0.05, 0.1) is 4.34 Å². The van der Waals surface area contributed by atoms with Crippen molar-refractivity contribution in [2.75, 3.05) is 5.32 Å². The van der Waals surface area contributed by atoms with Crippen LogP contribution in [0.15, 0.2) is 24.5 Å². The van der Waals surface area contributed by atoms with Crippen LogP contribution in [0.3, 0.4) is 0 Å². The predicted octanol–water partition coefficient (Wildman–Crippen LogP) is 3.68. The third-order valence-corrected chi connectivity index (χ3v) is 3.21. The molecular weight excluding hydrogens is 242 g/mol. The highest BCUT2D eigenvalue weighted by atomic mass is 35.5. The molecule has 0 spiro atoms. The molecule has 0 aliphatic heterocycles. The van der Waals surface area contributed by atoms with Crippen LogP contribution in [0, 0.1) is 0 Å². The highest BCUT2D eigenvalue weighted by Crippen LogP contribution is 2.30. The summed E-state index contributed by atoms with van der Waals surface area (Å²) in [5.74, 6) is 0.654. The van der Waals surface area contributed by atoms with Crippen LogP contribution >= 0.6 is 22.9 Å². The van der Waals surface area contributed by atoms with Gasteiger partial charge in [-0.05, 0) is 26.0 Å². The van der Waals surface area contributed by atoms with Crippen LogP contribution in [0.5, 0.6) is 0 Å². The Bertz CT molecular complexity index is 464. The van der Waals surface area contributed by atoms with Crippen LogP contribution in [0.4, 0.5) is 5.95 Å². The maximum Gasteiger partial charge on any atom is 0.222 e.